The molecule has 15 heavy (non-hydrogen) atoms. The summed E-state index contributed by atoms with van der Waals surface area (Å²) in [6, 6.07) is 4.69. The van der Waals surface area contributed by atoms with Gasteiger partial charge in [-0.05, 0) is 31.4 Å². The molecular formula is C12H18N2O. The van der Waals surface area contributed by atoms with Gasteiger partial charge in [-0.2, -0.15) is 0 Å². The average molecular weight is 206 g/mol. The summed E-state index contributed by atoms with van der Waals surface area (Å²) in [6.07, 6.45) is 5.53. The highest BCUT2D eigenvalue weighted by Gasteiger charge is 2.22. The van der Waals surface area contributed by atoms with E-state index < -0.39 is 0 Å². The van der Waals surface area contributed by atoms with Crippen LogP contribution in [0.2, 0.25) is 0 Å². The van der Waals surface area contributed by atoms with Crippen LogP contribution in [0, 0.1) is 0 Å². The van der Waals surface area contributed by atoms with E-state index in [1.807, 2.05) is 12.1 Å². The van der Waals surface area contributed by atoms with Gasteiger partial charge in [-0.15, -0.1) is 0 Å². The number of aromatic nitrogens is 1. The molecule has 1 fully saturated rings. The van der Waals surface area contributed by atoms with Gasteiger partial charge in [0.2, 0.25) is 0 Å². The zero-order chi connectivity index (χ0) is 10.7. The lowest BCUT2D eigenvalue weighted by atomic mass is 10.1. The molecule has 0 aliphatic carbocycles. The second-order valence-electron chi connectivity index (χ2n) is 4.06. The van der Waals surface area contributed by atoms with Crippen molar-refractivity contribution in [2.45, 2.75) is 38.8 Å². The smallest absolute Gasteiger partial charge is 0.0853 e. The van der Waals surface area contributed by atoms with E-state index in [9.17, 15) is 0 Å². The average Bonchev–Trinajstić information content (AvgIpc) is 2.77. The van der Waals surface area contributed by atoms with Crippen molar-refractivity contribution in [2.75, 3.05) is 11.4 Å². The van der Waals surface area contributed by atoms with Crippen LogP contribution in [0.25, 0.3) is 0 Å². The van der Waals surface area contributed by atoms with Crippen molar-refractivity contribution in [1.29, 1.82) is 0 Å². The van der Waals surface area contributed by atoms with Gasteiger partial charge in [0.15, 0.2) is 0 Å². The first-order valence-corrected chi connectivity index (χ1v) is 5.67. The summed E-state index contributed by atoms with van der Waals surface area (Å²) in [4.78, 5) is 6.53. The number of rotatable bonds is 3. The van der Waals surface area contributed by atoms with Gasteiger partial charge in [0, 0.05) is 24.5 Å². The molecule has 0 bridgehead atoms. The van der Waals surface area contributed by atoms with Crippen LogP contribution in [0.1, 0.15) is 31.9 Å². The monoisotopic (exact) mass is 206 g/mol. The third kappa shape index (κ3) is 2.12. The number of aliphatic hydroxyl groups excluding tert-OH is 1. The molecule has 2 heterocycles. The second kappa shape index (κ2) is 4.62. The Morgan fingerprint density at radius 2 is 2.47 bits per heavy atom. The van der Waals surface area contributed by atoms with Crippen LogP contribution in [0.5, 0.6) is 0 Å². The summed E-state index contributed by atoms with van der Waals surface area (Å²) in [7, 11) is 0. The largest absolute Gasteiger partial charge is 0.390 e. The Kier molecular flexibility index (Phi) is 3.21. The maximum atomic E-state index is 9.05. The Morgan fingerprint density at radius 1 is 1.60 bits per heavy atom. The molecule has 0 aromatic carbocycles. The molecular weight excluding hydrogens is 188 g/mol. The molecule has 82 valence electrons. The van der Waals surface area contributed by atoms with Crippen molar-refractivity contribution >= 4 is 5.69 Å². The first-order valence-electron chi connectivity index (χ1n) is 5.67. The first kappa shape index (κ1) is 10.4. The van der Waals surface area contributed by atoms with Gasteiger partial charge >= 0.3 is 0 Å². The standard InChI is InChI=1S/C12H18N2O/c1-2-11-4-3-7-14(11)12-5-6-13-10(8-12)9-15/h5-6,8,11,15H,2-4,7,9H2,1H3. The number of hydrogen-bond acceptors (Lipinski definition) is 3. The Labute approximate surface area is 90.8 Å². The quantitative estimate of drug-likeness (QED) is 0.821. The van der Waals surface area contributed by atoms with E-state index in [1.54, 1.807) is 6.20 Å². The fourth-order valence-electron chi connectivity index (χ4n) is 2.33. The molecule has 1 aliphatic rings. The van der Waals surface area contributed by atoms with Crippen LogP contribution < -0.4 is 4.90 Å². The highest BCUT2D eigenvalue weighted by atomic mass is 16.3. The molecule has 1 aromatic heterocycles. The fourth-order valence-corrected chi connectivity index (χ4v) is 2.33. The molecule has 3 heteroatoms. The molecule has 1 unspecified atom stereocenters. The summed E-state index contributed by atoms with van der Waals surface area (Å²) in [6.45, 7) is 3.39. The summed E-state index contributed by atoms with van der Waals surface area (Å²) in [5.74, 6) is 0. The number of nitrogens with zero attached hydrogens (tertiary/aromatic N) is 2. The van der Waals surface area contributed by atoms with Crippen molar-refractivity contribution in [3.63, 3.8) is 0 Å². The Bertz CT molecular complexity index is 327. The lowest BCUT2D eigenvalue weighted by molar-refractivity contribution is 0.277. The van der Waals surface area contributed by atoms with E-state index >= 15 is 0 Å². The van der Waals surface area contributed by atoms with Gasteiger partial charge in [-0.3, -0.25) is 4.98 Å². The zero-order valence-corrected chi connectivity index (χ0v) is 9.19. The number of pyridine rings is 1. The van der Waals surface area contributed by atoms with Gasteiger partial charge in [0.1, 0.15) is 0 Å². The number of aliphatic hydroxyl groups is 1. The molecule has 0 radical (unpaired) electrons. The predicted molar refractivity (Wildman–Crippen MR) is 60.8 cm³/mol. The topological polar surface area (TPSA) is 36.4 Å². The van der Waals surface area contributed by atoms with Crippen molar-refractivity contribution in [3.05, 3.63) is 24.0 Å². The minimum absolute atomic E-state index is 0.0263. The van der Waals surface area contributed by atoms with Gasteiger partial charge in [0.25, 0.3) is 0 Å². The Balaban J connectivity index is 2.20. The summed E-state index contributed by atoms with van der Waals surface area (Å²) in [5, 5.41) is 9.05. The fraction of sp³-hybridized carbons (Fsp3) is 0.583. The second-order valence-corrected chi connectivity index (χ2v) is 4.06. The molecule has 0 amide bonds. The third-order valence-corrected chi connectivity index (χ3v) is 3.14. The van der Waals surface area contributed by atoms with Crippen molar-refractivity contribution in [2.24, 2.45) is 0 Å². The molecule has 3 nitrogen and oxygen atoms in total. The van der Waals surface area contributed by atoms with E-state index in [2.05, 4.69) is 16.8 Å². The van der Waals surface area contributed by atoms with Crippen LogP contribution in [-0.4, -0.2) is 22.7 Å². The van der Waals surface area contributed by atoms with E-state index in [-0.39, 0.29) is 6.61 Å². The summed E-state index contributed by atoms with van der Waals surface area (Å²) < 4.78 is 0. The van der Waals surface area contributed by atoms with Crippen molar-refractivity contribution in [1.82, 2.24) is 4.98 Å². The SMILES string of the molecule is CCC1CCCN1c1ccnc(CO)c1. The van der Waals surface area contributed by atoms with Crippen LogP contribution in [-0.2, 0) is 6.61 Å². The molecule has 0 saturated carbocycles. The van der Waals surface area contributed by atoms with Gasteiger partial charge in [-0.1, -0.05) is 6.92 Å². The first-order chi connectivity index (χ1) is 7.35. The number of anilines is 1. The van der Waals surface area contributed by atoms with Crippen LogP contribution in [0.15, 0.2) is 18.3 Å². The van der Waals surface area contributed by atoms with Crippen LogP contribution in [0.3, 0.4) is 0 Å². The lowest BCUT2D eigenvalue weighted by Crippen LogP contribution is -2.28. The van der Waals surface area contributed by atoms with Gasteiger partial charge in [-0.25, -0.2) is 0 Å². The summed E-state index contributed by atoms with van der Waals surface area (Å²) in [5.41, 5.74) is 1.97. The van der Waals surface area contributed by atoms with Crippen molar-refractivity contribution in [3.8, 4) is 0 Å². The Morgan fingerprint density at radius 3 is 3.20 bits per heavy atom. The van der Waals surface area contributed by atoms with E-state index in [0.717, 1.165) is 12.2 Å². The molecule has 1 saturated heterocycles. The van der Waals surface area contributed by atoms with Gasteiger partial charge < -0.3 is 10.0 Å². The highest BCUT2D eigenvalue weighted by Crippen LogP contribution is 2.27. The van der Waals surface area contributed by atoms with E-state index in [4.69, 9.17) is 5.11 Å². The minimum Gasteiger partial charge on any atom is -0.390 e. The van der Waals surface area contributed by atoms with E-state index in [0.29, 0.717) is 6.04 Å². The predicted octanol–water partition coefficient (Wildman–Crippen LogP) is 1.95. The minimum atomic E-state index is 0.0263. The lowest BCUT2D eigenvalue weighted by Gasteiger charge is -2.26. The van der Waals surface area contributed by atoms with E-state index in [1.165, 1.54) is 24.9 Å². The van der Waals surface area contributed by atoms with Crippen LogP contribution in [0.4, 0.5) is 5.69 Å². The zero-order valence-electron chi connectivity index (χ0n) is 9.19. The van der Waals surface area contributed by atoms with Crippen molar-refractivity contribution < 1.29 is 5.11 Å². The number of hydrogen-bond donors (Lipinski definition) is 1. The molecule has 1 aliphatic heterocycles. The summed E-state index contributed by atoms with van der Waals surface area (Å²) >= 11 is 0. The molecule has 0 spiro atoms. The third-order valence-electron chi connectivity index (χ3n) is 3.14. The Hall–Kier alpha value is -1.09. The molecule has 2 rings (SSSR count). The highest BCUT2D eigenvalue weighted by molar-refractivity contribution is 5.48. The maximum Gasteiger partial charge on any atom is 0.0853 e. The van der Waals surface area contributed by atoms with Gasteiger partial charge in [0.05, 0.1) is 12.3 Å². The molecule has 1 atom stereocenters. The normalized spacial score (nSPS) is 20.9. The molecule has 1 N–H and O–H groups in total. The van der Waals surface area contributed by atoms with Crippen LogP contribution >= 0.6 is 0 Å². The molecule has 1 aromatic rings. The maximum absolute atomic E-state index is 9.05.